The summed E-state index contributed by atoms with van der Waals surface area (Å²) in [5, 5.41) is 9.87. The second-order valence-electron chi connectivity index (χ2n) is 4.85. The summed E-state index contributed by atoms with van der Waals surface area (Å²) in [7, 11) is 0. The molecule has 0 saturated carbocycles. The zero-order valence-corrected chi connectivity index (χ0v) is 13.5. The van der Waals surface area contributed by atoms with Crippen molar-refractivity contribution in [2.45, 2.75) is 42.6 Å². The third kappa shape index (κ3) is 3.03. The zero-order chi connectivity index (χ0) is 13.9. The first-order valence-electron chi connectivity index (χ1n) is 6.82. The van der Waals surface area contributed by atoms with E-state index in [2.05, 4.69) is 20.8 Å². The SMILES string of the molecule is NCC(Sc1nnc2n1CCCCC2)c1ccc(Cl)s1. The maximum Gasteiger partial charge on any atom is 0.191 e. The molecule has 108 valence electrons. The Morgan fingerprint density at radius 2 is 2.25 bits per heavy atom. The van der Waals surface area contributed by atoms with Gasteiger partial charge < -0.3 is 10.3 Å². The molecule has 7 heteroatoms. The largest absolute Gasteiger partial charge is 0.329 e. The van der Waals surface area contributed by atoms with E-state index in [1.54, 1.807) is 23.1 Å². The molecule has 0 radical (unpaired) electrons. The minimum atomic E-state index is 0.198. The Balaban J connectivity index is 1.81. The molecule has 3 heterocycles. The Hall–Kier alpha value is -0.560. The van der Waals surface area contributed by atoms with Crippen molar-refractivity contribution < 1.29 is 0 Å². The lowest BCUT2D eigenvalue weighted by Crippen LogP contribution is -2.10. The normalized spacial score (nSPS) is 16.7. The number of aromatic nitrogens is 3. The van der Waals surface area contributed by atoms with Gasteiger partial charge in [-0.1, -0.05) is 29.8 Å². The Labute approximate surface area is 131 Å². The van der Waals surface area contributed by atoms with Gasteiger partial charge in [-0.15, -0.1) is 21.5 Å². The quantitative estimate of drug-likeness (QED) is 0.872. The van der Waals surface area contributed by atoms with Gasteiger partial charge in [0.1, 0.15) is 5.82 Å². The van der Waals surface area contributed by atoms with Crippen molar-refractivity contribution in [2.24, 2.45) is 5.73 Å². The van der Waals surface area contributed by atoms with Crippen molar-refractivity contribution in [3.8, 4) is 0 Å². The van der Waals surface area contributed by atoms with Gasteiger partial charge in [-0.25, -0.2) is 0 Å². The number of halogens is 1. The highest BCUT2D eigenvalue weighted by Crippen LogP contribution is 2.38. The summed E-state index contributed by atoms with van der Waals surface area (Å²) in [5.74, 6) is 1.12. The van der Waals surface area contributed by atoms with Gasteiger partial charge in [-0.05, 0) is 25.0 Å². The molecule has 1 atom stereocenters. The number of fused-ring (bicyclic) bond motifs is 1. The van der Waals surface area contributed by atoms with Gasteiger partial charge in [0.2, 0.25) is 0 Å². The van der Waals surface area contributed by atoms with E-state index in [1.165, 1.54) is 24.1 Å². The first kappa shape index (κ1) is 14.4. The average molecular weight is 329 g/mol. The monoisotopic (exact) mass is 328 g/mol. The second-order valence-corrected chi connectivity index (χ2v) is 7.76. The molecular weight excluding hydrogens is 312 g/mol. The van der Waals surface area contributed by atoms with Crippen LogP contribution in [0.5, 0.6) is 0 Å². The molecule has 0 aliphatic carbocycles. The van der Waals surface area contributed by atoms with E-state index in [9.17, 15) is 0 Å². The van der Waals surface area contributed by atoms with Crippen LogP contribution in [0.15, 0.2) is 17.3 Å². The van der Waals surface area contributed by atoms with Crippen molar-refractivity contribution in [2.75, 3.05) is 6.54 Å². The first-order valence-corrected chi connectivity index (χ1v) is 8.89. The van der Waals surface area contributed by atoms with Gasteiger partial charge in [0.05, 0.1) is 9.59 Å². The summed E-state index contributed by atoms with van der Waals surface area (Å²) < 4.78 is 3.06. The van der Waals surface area contributed by atoms with Crippen LogP contribution in [0.1, 0.15) is 35.2 Å². The van der Waals surface area contributed by atoms with Crippen LogP contribution in [0, 0.1) is 0 Å². The van der Waals surface area contributed by atoms with E-state index < -0.39 is 0 Å². The summed E-state index contributed by atoms with van der Waals surface area (Å²) in [6.07, 6.45) is 4.72. The predicted molar refractivity (Wildman–Crippen MR) is 84.6 cm³/mol. The number of aryl methyl sites for hydroxylation is 1. The Morgan fingerprint density at radius 1 is 1.35 bits per heavy atom. The third-order valence-electron chi connectivity index (χ3n) is 3.45. The van der Waals surface area contributed by atoms with Gasteiger partial charge in [0.25, 0.3) is 0 Å². The number of hydrogen-bond acceptors (Lipinski definition) is 5. The fraction of sp³-hybridized carbons (Fsp3) is 0.538. The summed E-state index contributed by atoms with van der Waals surface area (Å²) in [6.45, 7) is 1.59. The molecule has 1 aliphatic heterocycles. The molecule has 0 bridgehead atoms. The smallest absolute Gasteiger partial charge is 0.191 e. The standard InChI is InChI=1S/C13H17ClN4S2/c14-11-6-5-9(19-11)10(8-15)20-13-17-16-12-4-2-1-3-7-18(12)13/h5-6,10H,1-4,7-8,15H2. The van der Waals surface area contributed by atoms with E-state index in [1.807, 2.05) is 6.07 Å². The van der Waals surface area contributed by atoms with Crippen LogP contribution in [0.25, 0.3) is 0 Å². The minimum absolute atomic E-state index is 0.198. The van der Waals surface area contributed by atoms with E-state index in [0.717, 1.165) is 28.3 Å². The van der Waals surface area contributed by atoms with E-state index >= 15 is 0 Å². The van der Waals surface area contributed by atoms with Gasteiger partial charge >= 0.3 is 0 Å². The van der Waals surface area contributed by atoms with Crippen LogP contribution in [0.2, 0.25) is 4.34 Å². The molecule has 2 aromatic rings. The maximum atomic E-state index is 6.02. The van der Waals surface area contributed by atoms with Gasteiger partial charge in [-0.3, -0.25) is 0 Å². The molecule has 0 amide bonds. The average Bonchev–Trinajstić information content (AvgIpc) is 2.96. The molecule has 1 unspecified atom stereocenters. The van der Waals surface area contributed by atoms with Crippen molar-refractivity contribution in [3.05, 3.63) is 27.2 Å². The molecule has 1 aliphatic rings. The second kappa shape index (κ2) is 6.47. The van der Waals surface area contributed by atoms with Crippen LogP contribution in [-0.4, -0.2) is 21.3 Å². The molecule has 2 N–H and O–H groups in total. The number of thiophene rings is 1. The molecule has 20 heavy (non-hydrogen) atoms. The van der Waals surface area contributed by atoms with Crippen LogP contribution in [0.4, 0.5) is 0 Å². The molecule has 2 aromatic heterocycles. The summed E-state index contributed by atoms with van der Waals surface area (Å²) >= 11 is 9.31. The summed E-state index contributed by atoms with van der Waals surface area (Å²) in [5.41, 5.74) is 5.92. The van der Waals surface area contributed by atoms with E-state index in [-0.39, 0.29) is 5.25 Å². The lowest BCUT2D eigenvalue weighted by molar-refractivity contribution is 0.590. The van der Waals surface area contributed by atoms with Crippen LogP contribution in [-0.2, 0) is 13.0 Å². The molecule has 0 spiro atoms. The molecule has 0 fully saturated rings. The number of rotatable bonds is 4. The number of nitrogens with zero attached hydrogens (tertiary/aromatic N) is 3. The van der Waals surface area contributed by atoms with Gasteiger partial charge in [0, 0.05) is 24.4 Å². The van der Waals surface area contributed by atoms with Crippen LogP contribution in [0.3, 0.4) is 0 Å². The predicted octanol–water partition coefficient (Wildman–Crippen LogP) is 3.51. The lowest BCUT2D eigenvalue weighted by Gasteiger charge is -2.13. The highest BCUT2D eigenvalue weighted by Gasteiger charge is 2.20. The lowest BCUT2D eigenvalue weighted by atomic mass is 10.2. The highest BCUT2D eigenvalue weighted by molar-refractivity contribution is 7.99. The van der Waals surface area contributed by atoms with E-state index in [0.29, 0.717) is 6.54 Å². The minimum Gasteiger partial charge on any atom is -0.329 e. The molecular formula is C13H17ClN4S2. The first-order chi connectivity index (χ1) is 9.78. The van der Waals surface area contributed by atoms with Crippen molar-refractivity contribution in [3.63, 3.8) is 0 Å². The molecule has 4 nitrogen and oxygen atoms in total. The fourth-order valence-electron chi connectivity index (χ4n) is 2.40. The fourth-order valence-corrected chi connectivity index (χ4v) is 4.70. The number of hydrogen-bond donors (Lipinski definition) is 1. The topological polar surface area (TPSA) is 56.7 Å². The molecule has 0 aromatic carbocycles. The molecule has 0 saturated heterocycles. The van der Waals surface area contributed by atoms with Crippen LogP contribution < -0.4 is 5.73 Å². The Bertz CT molecular complexity index is 581. The maximum absolute atomic E-state index is 6.02. The summed E-state index contributed by atoms with van der Waals surface area (Å²) in [4.78, 5) is 1.20. The number of nitrogens with two attached hydrogens (primary N) is 1. The summed E-state index contributed by atoms with van der Waals surface area (Å²) in [6, 6.07) is 3.98. The molecule has 3 rings (SSSR count). The Morgan fingerprint density at radius 3 is 3.00 bits per heavy atom. The zero-order valence-electron chi connectivity index (χ0n) is 11.1. The Kier molecular flexibility index (Phi) is 4.65. The van der Waals surface area contributed by atoms with Crippen molar-refractivity contribution >= 4 is 34.7 Å². The van der Waals surface area contributed by atoms with Gasteiger partial charge in [-0.2, -0.15) is 0 Å². The number of thioether (sulfide) groups is 1. The third-order valence-corrected chi connectivity index (χ3v) is 6.19. The highest BCUT2D eigenvalue weighted by atomic mass is 35.5. The van der Waals surface area contributed by atoms with Crippen molar-refractivity contribution in [1.82, 2.24) is 14.8 Å². The van der Waals surface area contributed by atoms with E-state index in [4.69, 9.17) is 17.3 Å². The van der Waals surface area contributed by atoms with Crippen molar-refractivity contribution in [1.29, 1.82) is 0 Å². The van der Waals surface area contributed by atoms with Crippen LogP contribution >= 0.6 is 34.7 Å². The van der Waals surface area contributed by atoms with Gasteiger partial charge in [0.15, 0.2) is 5.16 Å².